The van der Waals surface area contributed by atoms with Crippen LogP contribution in [0.4, 0.5) is 0 Å². The van der Waals surface area contributed by atoms with Crippen molar-refractivity contribution in [2.24, 2.45) is 0 Å². The number of nitrogens with one attached hydrogen (secondary N) is 1. The highest BCUT2D eigenvalue weighted by Gasteiger charge is 2.14. The quantitative estimate of drug-likeness (QED) is 0.901. The van der Waals surface area contributed by atoms with Crippen LogP contribution in [0.3, 0.4) is 0 Å². The molecule has 0 aliphatic rings. The van der Waals surface area contributed by atoms with E-state index in [2.05, 4.69) is 52.4 Å². The van der Waals surface area contributed by atoms with Gasteiger partial charge in [-0.2, -0.15) is 11.8 Å². The molecular formula is C11H17BrN2S. The van der Waals surface area contributed by atoms with E-state index < -0.39 is 0 Å². The highest BCUT2D eigenvalue weighted by atomic mass is 79.9. The minimum Gasteiger partial charge on any atom is -0.311 e. The number of rotatable bonds is 5. The van der Waals surface area contributed by atoms with E-state index in [0.29, 0.717) is 4.75 Å². The molecule has 0 saturated heterocycles. The Morgan fingerprint density at radius 2 is 2.20 bits per heavy atom. The summed E-state index contributed by atoms with van der Waals surface area (Å²) in [5.74, 6) is 0. The van der Waals surface area contributed by atoms with Crippen LogP contribution in [0.5, 0.6) is 0 Å². The van der Waals surface area contributed by atoms with Crippen LogP contribution in [0.2, 0.25) is 0 Å². The van der Waals surface area contributed by atoms with Gasteiger partial charge in [0.05, 0.1) is 0 Å². The minimum atomic E-state index is 0.291. The van der Waals surface area contributed by atoms with Crippen molar-refractivity contribution >= 4 is 27.7 Å². The van der Waals surface area contributed by atoms with Gasteiger partial charge in [-0.3, -0.25) is 4.98 Å². The third-order valence-corrected chi connectivity index (χ3v) is 3.88. The van der Waals surface area contributed by atoms with E-state index in [1.165, 1.54) is 5.56 Å². The zero-order valence-corrected chi connectivity index (χ0v) is 11.8. The molecule has 4 heteroatoms. The molecule has 2 nitrogen and oxygen atoms in total. The van der Waals surface area contributed by atoms with E-state index in [1.54, 1.807) is 6.20 Å². The van der Waals surface area contributed by atoms with Gasteiger partial charge in [0, 0.05) is 34.7 Å². The van der Waals surface area contributed by atoms with E-state index in [0.717, 1.165) is 17.6 Å². The Morgan fingerprint density at radius 3 is 2.80 bits per heavy atom. The topological polar surface area (TPSA) is 24.9 Å². The lowest BCUT2D eigenvalue weighted by Gasteiger charge is -2.22. The zero-order chi connectivity index (χ0) is 11.3. The summed E-state index contributed by atoms with van der Waals surface area (Å²) >= 11 is 5.29. The fourth-order valence-electron chi connectivity index (χ4n) is 1.13. The second-order valence-electron chi connectivity index (χ2n) is 4.08. The molecule has 0 spiro atoms. The molecule has 0 amide bonds. The predicted octanol–water partition coefficient (Wildman–Crippen LogP) is 3.08. The molecule has 0 radical (unpaired) electrons. The Balaban J connectivity index is 2.38. The fourth-order valence-corrected chi connectivity index (χ4v) is 1.79. The van der Waals surface area contributed by atoms with Crippen molar-refractivity contribution in [3.8, 4) is 0 Å². The van der Waals surface area contributed by atoms with Gasteiger partial charge in [-0.15, -0.1) is 0 Å². The second kappa shape index (κ2) is 5.87. The number of hydrogen-bond acceptors (Lipinski definition) is 3. The van der Waals surface area contributed by atoms with Crippen molar-refractivity contribution in [1.82, 2.24) is 10.3 Å². The maximum atomic E-state index is 4.13. The summed E-state index contributed by atoms with van der Waals surface area (Å²) in [6.45, 7) is 6.35. The first-order valence-corrected chi connectivity index (χ1v) is 6.90. The van der Waals surface area contributed by atoms with Gasteiger partial charge in [0.1, 0.15) is 0 Å². The average Bonchev–Trinajstić information content (AvgIpc) is 2.18. The van der Waals surface area contributed by atoms with Crippen molar-refractivity contribution in [1.29, 1.82) is 0 Å². The molecule has 0 aliphatic heterocycles. The lowest BCUT2D eigenvalue weighted by Crippen LogP contribution is -2.31. The molecule has 1 aromatic heterocycles. The molecular weight excluding hydrogens is 272 g/mol. The van der Waals surface area contributed by atoms with E-state index in [-0.39, 0.29) is 0 Å². The minimum absolute atomic E-state index is 0.291. The van der Waals surface area contributed by atoms with Gasteiger partial charge >= 0.3 is 0 Å². The van der Waals surface area contributed by atoms with E-state index >= 15 is 0 Å². The maximum absolute atomic E-state index is 4.13. The van der Waals surface area contributed by atoms with Gasteiger partial charge in [0.25, 0.3) is 0 Å². The molecule has 84 valence electrons. The Hall–Kier alpha value is -0.0600. The molecule has 0 fully saturated rings. The standard InChI is InChI=1S/C11H17BrN2S/c1-11(2,15-3)8-14-6-9-4-10(12)7-13-5-9/h4-5,7,14H,6,8H2,1-3H3. The molecule has 1 N–H and O–H groups in total. The molecule has 1 aromatic rings. The number of halogens is 1. The summed E-state index contributed by atoms with van der Waals surface area (Å²) in [5, 5.41) is 3.44. The first-order chi connectivity index (χ1) is 7.03. The second-order valence-corrected chi connectivity index (χ2v) is 6.51. The van der Waals surface area contributed by atoms with Gasteiger partial charge in [-0.1, -0.05) is 0 Å². The normalized spacial score (nSPS) is 11.7. The van der Waals surface area contributed by atoms with E-state index in [4.69, 9.17) is 0 Å². The molecule has 0 saturated carbocycles. The van der Waals surface area contributed by atoms with Gasteiger partial charge in [-0.05, 0) is 47.7 Å². The third-order valence-electron chi connectivity index (χ3n) is 2.19. The fraction of sp³-hybridized carbons (Fsp3) is 0.545. The molecule has 0 atom stereocenters. The Bertz CT molecular complexity index is 315. The van der Waals surface area contributed by atoms with Crippen LogP contribution in [0, 0.1) is 0 Å². The van der Waals surface area contributed by atoms with Crippen LogP contribution in [-0.4, -0.2) is 22.5 Å². The summed E-state index contributed by atoms with van der Waals surface area (Å²) in [6.07, 6.45) is 5.83. The van der Waals surface area contributed by atoms with Gasteiger partial charge in [0.2, 0.25) is 0 Å². The van der Waals surface area contributed by atoms with Gasteiger partial charge < -0.3 is 5.32 Å². The number of pyridine rings is 1. The van der Waals surface area contributed by atoms with Crippen molar-refractivity contribution in [2.45, 2.75) is 25.1 Å². The van der Waals surface area contributed by atoms with Crippen molar-refractivity contribution in [2.75, 3.05) is 12.8 Å². The van der Waals surface area contributed by atoms with Crippen LogP contribution >= 0.6 is 27.7 Å². The first kappa shape index (κ1) is 13.0. The monoisotopic (exact) mass is 288 g/mol. The molecule has 15 heavy (non-hydrogen) atoms. The average molecular weight is 289 g/mol. The maximum Gasteiger partial charge on any atom is 0.0410 e. The van der Waals surface area contributed by atoms with Crippen LogP contribution in [0.1, 0.15) is 19.4 Å². The number of thioether (sulfide) groups is 1. The van der Waals surface area contributed by atoms with Gasteiger partial charge in [-0.25, -0.2) is 0 Å². The summed E-state index contributed by atoms with van der Waals surface area (Å²) in [4.78, 5) is 4.13. The number of hydrogen-bond donors (Lipinski definition) is 1. The molecule has 0 unspecified atom stereocenters. The van der Waals surface area contributed by atoms with Gasteiger partial charge in [0.15, 0.2) is 0 Å². The zero-order valence-electron chi connectivity index (χ0n) is 9.38. The van der Waals surface area contributed by atoms with Crippen LogP contribution in [0.15, 0.2) is 22.9 Å². The summed E-state index contributed by atoms with van der Waals surface area (Å²) < 4.78 is 1.32. The van der Waals surface area contributed by atoms with Crippen molar-refractivity contribution in [3.05, 3.63) is 28.5 Å². The molecule has 1 heterocycles. The van der Waals surface area contributed by atoms with Crippen LogP contribution in [0.25, 0.3) is 0 Å². The molecule has 0 aliphatic carbocycles. The van der Waals surface area contributed by atoms with E-state index in [1.807, 2.05) is 18.0 Å². The molecule has 0 aromatic carbocycles. The smallest absolute Gasteiger partial charge is 0.0410 e. The SMILES string of the molecule is CSC(C)(C)CNCc1cncc(Br)c1. The lowest BCUT2D eigenvalue weighted by atomic mass is 10.2. The highest BCUT2D eigenvalue weighted by molar-refractivity contribution is 9.10. The summed E-state index contributed by atoms with van der Waals surface area (Å²) in [6, 6.07) is 2.09. The van der Waals surface area contributed by atoms with Crippen molar-refractivity contribution in [3.63, 3.8) is 0 Å². The third kappa shape index (κ3) is 5.00. The Labute approximate surface area is 104 Å². The predicted molar refractivity (Wildman–Crippen MR) is 71.2 cm³/mol. The largest absolute Gasteiger partial charge is 0.311 e. The van der Waals surface area contributed by atoms with Crippen LogP contribution < -0.4 is 5.32 Å². The highest BCUT2D eigenvalue weighted by Crippen LogP contribution is 2.19. The number of nitrogens with zero attached hydrogens (tertiary/aromatic N) is 1. The Morgan fingerprint density at radius 1 is 1.47 bits per heavy atom. The Kier molecular flexibility index (Phi) is 5.09. The molecule has 1 rings (SSSR count). The van der Waals surface area contributed by atoms with E-state index in [9.17, 15) is 0 Å². The summed E-state index contributed by atoms with van der Waals surface area (Å²) in [7, 11) is 0. The summed E-state index contributed by atoms with van der Waals surface area (Å²) in [5.41, 5.74) is 1.21. The van der Waals surface area contributed by atoms with Crippen molar-refractivity contribution < 1.29 is 0 Å². The van der Waals surface area contributed by atoms with Crippen LogP contribution in [-0.2, 0) is 6.54 Å². The molecule has 0 bridgehead atoms. The number of aromatic nitrogens is 1. The lowest BCUT2D eigenvalue weighted by molar-refractivity contribution is 0.590. The first-order valence-electron chi connectivity index (χ1n) is 4.89.